The minimum atomic E-state index is -1.47. The summed E-state index contributed by atoms with van der Waals surface area (Å²) >= 11 is 0. The summed E-state index contributed by atoms with van der Waals surface area (Å²) in [5.74, 6) is -7.42. The lowest BCUT2D eigenvalue weighted by Gasteiger charge is -2.32. The van der Waals surface area contributed by atoms with E-state index in [0.717, 1.165) is 32.7 Å². The Labute approximate surface area is 773 Å². The van der Waals surface area contributed by atoms with Gasteiger partial charge in [0.05, 0.1) is 62.2 Å². The zero-order valence-electron chi connectivity index (χ0n) is 75.7. The molecule has 8 aromatic carbocycles. The summed E-state index contributed by atoms with van der Waals surface area (Å²) in [5.41, 5.74) is 7.48. The highest BCUT2D eigenvalue weighted by molar-refractivity contribution is 5.98. The number of hydrogen-bond donors (Lipinski definition) is 10. The lowest BCUT2D eigenvalue weighted by Crippen LogP contribution is -2.59. The van der Waals surface area contributed by atoms with Gasteiger partial charge in [0.1, 0.15) is 82.6 Å². The molecule has 36 heteroatoms. The van der Waals surface area contributed by atoms with Crippen molar-refractivity contribution in [3.8, 4) is 56.5 Å². The Morgan fingerprint density at radius 3 is 1.13 bits per heavy atom. The molecular weight excluding hydrogens is 1710 g/mol. The first kappa shape index (κ1) is 93.7. The molecule has 0 saturated carbocycles. The minimum absolute atomic E-state index is 0.00777. The molecular formula is C98H110N22O14. The van der Waals surface area contributed by atoms with Crippen molar-refractivity contribution >= 4 is 80.7 Å². The van der Waals surface area contributed by atoms with Crippen LogP contribution in [0.1, 0.15) is 102 Å². The lowest BCUT2D eigenvalue weighted by atomic mass is 9.99. The summed E-state index contributed by atoms with van der Waals surface area (Å²) in [5, 5.41) is 84.0. The number of carboxylic acids is 2. The molecule has 134 heavy (non-hydrogen) atoms. The van der Waals surface area contributed by atoms with Crippen molar-refractivity contribution in [2.45, 2.75) is 179 Å². The van der Waals surface area contributed by atoms with Crippen LogP contribution in [-0.4, -0.2) is 240 Å². The van der Waals surface area contributed by atoms with Crippen molar-refractivity contribution in [3.63, 3.8) is 0 Å². The van der Waals surface area contributed by atoms with Gasteiger partial charge in [0, 0.05) is 99.8 Å². The second-order valence-corrected chi connectivity index (χ2v) is 35.1. The van der Waals surface area contributed by atoms with Crippen LogP contribution in [0.3, 0.4) is 0 Å². The van der Waals surface area contributed by atoms with Crippen molar-refractivity contribution in [3.05, 3.63) is 229 Å². The van der Waals surface area contributed by atoms with E-state index < -0.39 is 144 Å². The number of ether oxygens (including phenoxy) is 2. The number of nitrogens with one attached hydrogen (secondary N) is 8. The summed E-state index contributed by atoms with van der Waals surface area (Å²) < 4.78 is 18.9. The SMILES string of the molecule is CN[C@@H](C)C(=O)N[C@H](C(=O)N1C[C@@H]2C[C@H]1C(=O)N[C@@H](Cc1ccc3ccccc3c1)C(=O)N[C@H](C(=O)O)Cc1ccc(cc1)OCCCn1cc(nn1)-c1ccc(cc1)-c1cn(nn1)[C@H]1C[C@@H](C(=O)N[C@@H](Cc3ccc4ccccc4c3)C(=O)N[C@H](C(=O)O)Cc3ccc(cc3)OCCCn3cc(nn3)-c3ccc(cc3)-c3cn2nn3)N(C(=O)[C@@H](NC(=O)[C@H](C)NC)C(C)C)C1)C(C)C. The van der Waals surface area contributed by atoms with E-state index >= 15 is 19.2 Å². The lowest BCUT2D eigenvalue weighted by molar-refractivity contribution is -0.144. The number of fused-ring (bicyclic) bond motifs is 2. The fraction of sp³-hybridized carbons (Fsp3) is 0.367. The number of aliphatic carboxylic acids is 2. The summed E-state index contributed by atoms with van der Waals surface area (Å²) in [6, 6.07) is 42.3. The van der Waals surface area contributed by atoms with E-state index in [1.165, 1.54) is 9.80 Å². The highest BCUT2D eigenvalue weighted by Gasteiger charge is 2.48. The van der Waals surface area contributed by atoms with Crippen LogP contribution in [0.4, 0.5) is 0 Å². The second kappa shape index (κ2) is 42.5. The first-order valence-corrected chi connectivity index (χ1v) is 45.1. The van der Waals surface area contributed by atoms with E-state index in [-0.39, 0.29) is 64.8 Å². The van der Waals surface area contributed by atoms with Gasteiger partial charge in [0.2, 0.25) is 47.3 Å². The Bertz CT molecular complexity index is 5840. The number of benzene rings is 8. The standard InChI is InChI=1S/C98H110N22O14/c1-57(2)87(105-89(121)59(5)99-7)95(127)117-51-73-49-85(117)93(125)101-77(47-63-19-25-65-15-9-11-17-71(65)43-63)91(123)103-79(97(129)130)45-61-21-35-75(36-22-61)133-41-14-40-116-54-82(108-112-116)68-29-33-70(34-30-68)84-56-120(114-110-84)74-50-86(118(52-74)96(128)88(58(3)4)106-90(122)60(6)100-8)94(126)102-78(48-64-20-26-66-16-10-12-18-72(66)44-64)92(124)104-80(98(131)132)46-62-23-37-76(38-24-62)134-42-13-39-115-53-81(107-111-115)67-27-31-69(32-28-67)83-55-119(73)113-109-83/h9-12,15-38,43-44,53-60,73-74,77-80,85-88,99-100H,13-14,39-42,45-52H2,1-8H3,(H,101,125)(H,102,126)(H,103,123)(H,104,124)(H,105,121)(H,106,122)(H,129,130)(H,131,132)/t59-,60-,73-,74-,77-,78-,79-,80-,85-,86-,87-,88-/m0/s1. The van der Waals surface area contributed by atoms with E-state index in [2.05, 4.69) is 83.8 Å². The van der Waals surface area contributed by atoms with Gasteiger partial charge in [0.15, 0.2) is 0 Å². The van der Waals surface area contributed by atoms with Gasteiger partial charge in [-0.15, -0.1) is 20.4 Å². The van der Waals surface area contributed by atoms with Crippen molar-refractivity contribution < 1.29 is 67.6 Å². The molecule has 10 N–H and O–H groups in total. The maximum atomic E-state index is 15.3. The molecule has 2 saturated heterocycles. The average molecular weight is 1820 g/mol. The molecule has 13 heterocycles. The van der Waals surface area contributed by atoms with Crippen LogP contribution in [0.5, 0.6) is 11.5 Å². The topological polar surface area (TPSA) is 455 Å². The molecule has 4 aromatic heterocycles. The van der Waals surface area contributed by atoms with Gasteiger partial charge in [0.25, 0.3) is 0 Å². The predicted octanol–water partition coefficient (Wildman–Crippen LogP) is 7.14. The largest absolute Gasteiger partial charge is 0.494 e. The third kappa shape index (κ3) is 22.8. The number of likely N-dealkylation sites (N-methyl/N-ethyl adjacent to an activating group) is 2. The van der Waals surface area contributed by atoms with Gasteiger partial charge < -0.3 is 72.0 Å². The number of likely N-dealkylation sites (tertiary alicyclic amines) is 2. The highest BCUT2D eigenvalue weighted by Crippen LogP contribution is 2.35. The van der Waals surface area contributed by atoms with Gasteiger partial charge in [-0.3, -0.25) is 47.7 Å². The van der Waals surface area contributed by atoms with Gasteiger partial charge >= 0.3 is 11.9 Å². The van der Waals surface area contributed by atoms with Crippen molar-refractivity contribution in [1.29, 1.82) is 0 Å². The van der Waals surface area contributed by atoms with Crippen LogP contribution in [0.2, 0.25) is 0 Å². The van der Waals surface area contributed by atoms with Crippen molar-refractivity contribution in [1.82, 2.24) is 112 Å². The van der Waals surface area contributed by atoms with E-state index in [4.69, 9.17) is 9.47 Å². The second-order valence-electron chi connectivity index (χ2n) is 35.1. The number of nitrogens with zero attached hydrogens (tertiary/aromatic N) is 14. The van der Waals surface area contributed by atoms with E-state index in [0.29, 0.717) is 93.6 Å². The highest BCUT2D eigenvalue weighted by atomic mass is 16.5. The molecule has 696 valence electrons. The Morgan fingerprint density at radius 2 is 0.776 bits per heavy atom. The molecule has 0 radical (unpaired) electrons. The summed E-state index contributed by atoms with van der Waals surface area (Å²) in [6.07, 6.45) is 7.70. The average Bonchev–Trinajstić information content (AvgIpc) is 1.64. The first-order chi connectivity index (χ1) is 64.6. The Kier molecular flexibility index (Phi) is 29.7. The minimum Gasteiger partial charge on any atom is -0.494 e. The zero-order valence-corrected chi connectivity index (χ0v) is 75.7. The number of aryl methyl sites for hydroxylation is 2. The molecule has 8 amide bonds. The first-order valence-electron chi connectivity index (χ1n) is 45.1. The zero-order chi connectivity index (χ0) is 94.4. The molecule has 20 bridgehead atoms. The number of carbonyl (C=O) groups is 10. The molecule has 0 aliphatic carbocycles. The number of rotatable bonds is 16. The fourth-order valence-electron chi connectivity index (χ4n) is 16.9. The van der Waals surface area contributed by atoms with Gasteiger partial charge in [-0.1, -0.05) is 206 Å². The maximum Gasteiger partial charge on any atom is 0.326 e. The summed E-state index contributed by atoms with van der Waals surface area (Å²) in [4.78, 5) is 147. The summed E-state index contributed by atoms with van der Waals surface area (Å²) in [7, 11) is 3.25. The molecule has 21 rings (SSSR count). The number of carbonyl (C=O) groups excluding carboxylic acids is 8. The normalized spacial score (nSPS) is 20.0. The molecule has 12 aromatic rings. The van der Waals surface area contributed by atoms with Crippen molar-refractivity contribution in [2.75, 3.05) is 40.4 Å². The van der Waals surface area contributed by atoms with Crippen LogP contribution < -0.4 is 52.0 Å². The quantitative estimate of drug-likeness (QED) is 0.0459. The molecule has 36 nitrogen and oxygen atoms in total. The van der Waals surface area contributed by atoms with Crippen molar-refractivity contribution in [2.24, 2.45) is 11.8 Å². The van der Waals surface area contributed by atoms with Crippen LogP contribution in [0.25, 0.3) is 66.6 Å². The Hall–Kier alpha value is -14.9. The Balaban J connectivity index is 0.686. The van der Waals surface area contributed by atoms with Crippen LogP contribution in [0.15, 0.2) is 207 Å². The monoisotopic (exact) mass is 1820 g/mol. The van der Waals surface area contributed by atoms with Gasteiger partial charge in [-0.05, 0) is 108 Å². The van der Waals surface area contributed by atoms with E-state index in [1.54, 1.807) is 135 Å². The molecule has 2 fully saturated rings. The molecule has 12 atom stereocenters. The Morgan fingerprint density at radius 1 is 0.425 bits per heavy atom. The number of amides is 8. The number of carboxylic acid groups (broad SMARTS) is 2. The fourth-order valence-corrected chi connectivity index (χ4v) is 16.9. The van der Waals surface area contributed by atoms with Crippen LogP contribution in [0, 0.1) is 11.8 Å². The maximum absolute atomic E-state index is 15.3. The summed E-state index contributed by atoms with van der Waals surface area (Å²) in [6.45, 7) is 11.8. The number of hydrogen-bond acceptors (Lipinski definition) is 22. The van der Waals surface area contributed by atoms with E-state index in [1.807, 2.05) is 146 Å². The van der Waals surface area contributed by atoms with Gasteiger partial charge in [-0.25, -0.2) is 19.0 Å². The molecule has 9 aliphatic heterocycles. The predicted molar refractivity (Wildman–Crippen MR) is 497 cm³/mol. The van der Waals surface area contributed by atoms with E-state index in [9.17, 15) is 39.0 Å². The smallest absolute Gasteiger partial charge is 0.326 e. The van der Waals surface area contributed by atoms with Gasteiger partial charge in [-0.2, -0.15) is 0 Å². The third-order valence-corrected chi connectivity index (χ3v) is 25.0. The van der Waals surface area contributed by atoms with Crippen LogP contribution >= 0.6 is 0 Å². The van der Waals surface area contributed by atoms with Crippen LogP contribution in [-0.2, 0) is 86.7 Å². The third-order valence-electron chi connectivity index (χ3n) is 25.0. The molecule has 0 spiro atoms. The molecule has 9 aliphatic rings. The number of aromatic nitrogens is 12. The molecule has 0 unspecified atom stereocenters.